The van der Waals surface area contributed by atoms with E-state index in [1.165, 1.54) is 12.1 Å². The van der Waals surface area contributed by atoms with Crippen molar-refractivity contribution in [3.05, 3.63) is 29.3 Å². The Morgan fingerprint density at radius 2 is 2.07 bits per heavy atom. The second-order valence-corrected chi connectivity index (χ2v) is 4.56. The topological polar surface area (TPSA) is 15.3 Å². The van der Waals surface area contributed by atoms with Gasteiger partial charge in [0.15, 0.2) is 0 Å². The summed E-state index contributed by atoms with van der Waals surface area (Å²) < 4.78 is 0. The lowest BCUT2D eigenvalue weighted by Gasteiger charge is -2.29. The molecule has 0 saturated carbocycles. The van der Waals surface area contributed by atoms with Gasteiger partial charge in [-0.15, -0.1) is 0 Å². The van der Waals surface area contributed by atoms with Crippen LogP contribution in [0.25, 0.3) is 0 Å². The highest BCUT2D eigenvalue weighted by atomic mass is 35.5. The first-order chi connectivity index (χ1) is 6.83. The summed E-state index contributed by atoms with van der Waals surface area (Å²) in [6.45, 7) is 2.28. The van der Waals surface area contributed by atoms with E-state index in [1.807, 2.05) is 12.1 Å². The number of nitrogens with one attached hydrogen (secondary N) is 1. The summed E-state index contributed by atoms with van der Waals surface area (Å²) in [5.41, 5.74) is 1.31. The van der Waals surface area contributed by atoms with Gasteiger partial charge in [-0.25, -0.2) is 0 Å². The van der Waals surface area contributed by atoms with E-state index in [2.05, 4.69) is 22.3 Å². The molecule has 2 saturated heterocycles. The molecule has 1 N–H and O–H groups in total. The summed E-state index contributed by atoms with van der Waals surface area (Å²) in [5.74, 6) is 0. The second kappa shape index (κ2) is 3.14. The number of halogens is 1. The summed E-state index contributed by atoms with van der Waals surface area (Å²) in [6.07, 6.45) is 1.29. The smallest absolute Gasteiger partial charge is 0.0430 e. The maximum Gasteiger partial charge on any atom is 0.0430 e. The summed E-state index contributed by atoms with van der Waals surface area (Å²) in [4.78, 5) is 2.48. The molecule has 2 bridgehead atoms. The minimum Gasteiger partial charge on any atom is -0.366 e. The van der Waals surface area contributed by atoms with Gasteiger partial charge >= 0.3 is 0 Å². The largest absolute Gasteiger partial charge is 0.366 e. The molecule has 0 amide bonds. The van der Waals surface area contributed by atoms with E-state index in [1.54, 1.807) is 0 Å². The number of anilines is 1. The van der Waals surface area contributed by atoms with Crippen LogP contribution in [0.3, 0.4) is 0 Å². The molecule has 1 aromatic rings. The zero-order valence-electron chi connectivity index (χ0n) is 7.91. The van der Waals surface area contributed by atoms with E-state index in [9.17, 15) is 0 Å². The average Bonchev–Trinajstić information content (AvgIpc) is 2.80. The van der Waals surface area contributed by atoms with Crippen molar-refractivity contribution in [2.75, 3.05) is 18.0 Å². The van der Waals surface area contributed by atoms with Gasteiger partial charge in [0.05, 0.1) is 0 Å². The van der Waals surface area contributed by atoms with Gasteiger partial charge in [0.25, 0.3) is 0 Å². The summed E-state index contributed by atoms with van der Waals surface area (Å²) >= 11 is 5.87. The van der Waals surface area contributed by atoms with Gasteiger partial charge in [0, 0.05) is 35.9 Å². The van der Waals surface area contributed by atoms with Gasteiger partial charge in [-0.2, -0.15) is 0 Å². The molecule has 2 heterocycles. The Bertz CT molecular complexity index is 336. The average molecular weight is 209 g/mol. The molecular weight excluding hydrogens is 196 g/mol. The van der Waals surface area contributed by atoms with Gasteiger partial charge in [-0.1, -0.05) is 11.6 Å². The third kappa shape index (κ3) is 1.30. The molecule has 0 spiro atoms. The van der Waals surface area contributed by atoms with Gasteiger partial charge in [0.2, 0.25) is 0 Å². The van der Waals surface area contributed by atoms with Crippen molar-refractivity contribution in [1.82, 2.24) is 5.32 Å². The SMILES string of the molecule is Clc1ccc(N2C[C@H]3C[C@@H]2CN3)cc1. The van der Waals surface area contributed by atoms with Crippen LogP contribution in [0.15, 0.2) is 24.3 Å². The van der Waals surface area contributed by atoms with E-state index in [4.69, 9.17) is 11.6 Å². The number of benzene rings is 1. The third-order valence-electron chi connectivity index (χ3n) is 3.21. The highest BCUT2D eigenvalue weighted by molar-refractivity contribution is 6.30. The second-order valence-electron chi connectivity index (χ2n) is 4.12. The van der Waals surface area contributed by atoms with E-state index in [0.29, 0.717) is 12.1 Å². The van der Waals surface area contributed by atoms with Crippen molar-refractivity contribution in [3.63, 3.8) is 0 Å². The van der Waals surface area contributed by atoms with Gasteiger partial charge < -0.3 is 10.2 Å². The monoisotopic (exact) mass is 208 g/mol. The summed E-state index contributed by atoms with van der Waals surface area (Å²) in [7, 11) is 0. The number of piperazine rings is 1. The maximum absolute atomic E-state index is 5.87. The van der Waals surface area contributed by atoms with Crippen LogP contribution in [-0.2, 0) is 0 Å². The lowest BCUT2D eigenvalue weighted by Crippen LogP contribution is -2.43. The van der Waals surface area contributed by atoms with Crippen molar-refractivity contribution < 1.29 is 0 Å². The van der Waals surface area contributed by atoms with Crippen LogP contribution in [0.5, 0.6) is 0 Å². The molecule has 2 atom stereocenters. The lowest BCUT2D eigenvalue weighted by molar-refractivity contribution is 0.580. The third-order valence-corrected chi connectivity index (χ3v) is 3.47. The molecule has 2 fully saturated rings. The molecule has 2 aliphatic heterocycles. The molecule has 14 heavy (non-hydrogen) atoms. The highest BCUT2D eigenvalue weighted by Gasteiger charge is 2.37. The standard InChI is InChI=1S/C11H13ClN2/c12-8-1-3-10(4-2-8)14-7-9-5-11(14)6-13-9/h1-4,9,11,13H,5-7H2/t9-,11-/m1/s1. The van der Waals surface area contributed by atoms with Crippen molar-refractivity contribution in [2.45, 2.75) is 18.5 Å². The Kier molecular flexibility index (Phi) is 1.92. The van der Waals surface area contributed by atoms with Crippen molar-refractivity contribution in [2.24, 2.45) is 0 Å². The van der Waals surface area contributed by atoms with Crippen molar-refractivity contribution >= 4 is 17.3 Å². The van der Waals surface area contributed by atoms with E-state index in [0.717, 1.165) is 18.1 Å². The predicted octanol–water partition coefficient (Wildman–Crippen LogP) is 1.89. The van der Waals surface area contributed by atoms with Gasteiger partial charge in [0.1, 0.15) is 0 Å². The fourth-order valence-electron chi connectivity index (χ4n) is 2.51. The molecule has 1 aromatic carbocycles. The number of rotatable bonds is 1. The lowest BCUT2D eigenvalue weighted by atomic mass is 10.2. The summed E-state index contributed by atoms with van der Waals surface area (Å²) in [6, 6.07) is 9.57. The Hall–Kier alpha value is -0.730. The van der Waals surface area contributed by atoms with Crippen molar-refractivity contribution in [1.29, 1.82) is 0 Å². The van der Waals surface area contributed by atoms with E-state index >= 15 is 0 Å². The first-order valence-electron chi connectivity index (χ1n) is 5.08. The molecular formula is C11H13ClN2. The van der Waals surface area contributed by atoms with Gasteiger partial charge in [-0.05, 0) is 30.7 Å². The fraction of sp³-hybridized carbons (Fsp3) is 0.455. The van der Waals surface area contributed by atoms with Crippen LogP contribution in [0.1, 0.15) is 6.42 Å². The van der Waals surface area contributed by atoms with E-state index in [-0.39, 0.29) is 0 Å². The normalized spacial score (nSPS) is 29.9. The predicted molar refractivity (Wildman–Crippen MR) is 59.0 cm³/mol. The molecule has 74 valence electrons. The Labute approximate surface area is 88.9 Å². The molecule has 2 aliphatic rings. The van der Waals surface area contributed by atoms with Crippen molar-refractivity contribution in [3.8, 4) is 0 Å². The number of fused-ring (bicyclic) bond motifs is 2. The van der Waals surface area contributed by atoms with Crippen LogP contribution >= 0.6 is 11.6 Å². The molecule has 0 unspecified atom stereocenters. The minimum atomic E-state index is 0.696. The maximum atomic E-state index is 5.87. The highest BCUT2D eigenvalue weighted by Crippen LogP contribution is 2.29. The number of nitrogens with zero attached hydrogens (tertiary/aromatic N) is 1. The summed E-state index contributed by atoms with van der Waals surface area (Å²) in [5, 5.41) is 4.32. The Morgan fingerprint density at radius 3 is 2.64 bits per heavy atom. The fourth-order valence-corrected chi connectivity index (χ4v) is 2.64. The molecule has 0 aromatic heterocycles. The zero-order chi connectivity index (χ0) is 9.54. The zero-order valence-corrected chi connectivity index (χ0v) is 8.67. The molecule has 0 aliphatic carbocycles. The first kappa shape index (κ1) is 8.57. The Morgan fingerprint density at radius 1 is 1.29 bits per heavy atom. The quantitative estimate of drug-likeness (QED) is 0.759. The van der Waals surface area contributed by atoms with Gasteiger partial charge in [-0.3, -0.25) is 0 Å². The number of hydrogen-bond acceptors (Lipinski definition) is 2. The minimum absolute atomic E-state index is 0.696. The molecule has 3 rings (SSSR count). The Balaban J connectivity index is 1.86. The van der Waals surface area contributed by atoms with Crippen LogP contribution in [0.4, 0.5) is 5.69 Å². The first-order valence-corrected chi connectivity index (χ1v) is 5.46. The van der Waals surface area contributed by atoms with Crippen LogP contribution in [0, 0.1) is 0 Å². The van der Waals surface area contributed by atoms with E-state index < -0.39 is 0 Å². The molecule has 2 nitrogen and oxygen atoms in total. The van der Waals surface area contributed by atoms with Crippen LogP contribution in [0.2, 0.25) is 5.02 Å². The number of hydrogen-bond donors (Lipinski definition) is 1. The molecule has 3 heteroatoms. The van der Waals surface area contributed by atoms with Crippen LogP contribution < -0.4 is 10.2 Å². The molecule has 0 radical (unpaired) electrons. The van der Waals surface area contributed by atoms with Crippen LogP contribution in [-0.4, -0.2) is 25.2 Å².